The predicted octanol–water partition coefficient (Wildman–Crippen LogP) is 3.51. The van der Waals surface area contributed by atoms with Crippen molar-refractivity contribution in [3.8, 4) is 22.9 Å². The summed E-state index contributed by atoms with van der Waals surface area (Å²) in [5.41, 5.74) is 1.30. The first-order valence-electron chi connectivity index (χ1n) is 12.9. The number of nitrogens with zero attached hydrogens (tertiary/aromatic N) is 2. The highest BCUT2D eigenvalue weighted by Gasteiger charge is 2.53. The Bertz CT molecular complexity index is 1340. The van der Waals surface area contributed by atoms with Crippen molar-refractivity contribution in [3.05, 3.63) is 29.6 Å². The van der Waals surface area contributed by atoms with E-state index in [0.29, 0.717) is 43.0 Å². The lowest BCUT2D eigenvalue weighted by Gasteiger charge is -2.19. The molecule has 1 saturated carbocycles. The van der Waals surface area contributed by atoms with E-state index in [4.69, 9.17) is 24.2 Å². The number of carbonyl (C=O) groups is 2. The van der Waals surface area contributed by atoms with Gasteiger partial charge in [-0.1, -0.05) is 0 Å². The molecule has 202 valence electrons. The molecule has 2 atom stereocenters. The highest BCUT2D eigenvalue weighted by Crippen LogP contribution is 2.37. The van der Waals surface area contributed by atoms with Crippen LogP contribution >= 0.6 is 11.3 Å². The molecule has 0 bridgehead atoms. The number of rotatable bonds is 10. The van der Waals surface area contributed by atoms with E-state index in [-0.39, 0.29) is 30.6 Å². The number of hydrogen-bond donors (Lipinski definition) is 3. The summed E-state index contributed by atoms with van der Waals surface area (Å²) in [4.78, 5) is 34.7. The van der Waals surface area contributed by atoms with Gasteiger partial charge in [-0.3, -0.25) is 4.79 Å². The summed E-state index contributed by atoms with van der Waals surface area (Å²) in [6.07, 6.45) is 1.44. The quantitative estimate of drug-likeness (QED) is 0.332. The van der Waals surface area contributed by atoms with E-state index in [2.05, 4.69) is 29.8 Å². The van der Waals surface area contributed by atoms with Crippen LogP contribution in [0.1, 0.15) is 40.0 Å². The maximum atomic E-state index is 12.9. The molecule has 1 amide bonds. The molecular formula is C27H33N5O5S. The first-order valence-corrected chi connectivity index (χ1v) is 13.8. The van der Waals surface area contributed by atoms with Crippen LogP contribution in [0, 0.1) is 0 Å². The molecule has 1 aliphatic heterocycles. The van der Waals surface area contributed by atoms with Crippen molar-refractivity contribution >= 4 is 39.2 Å². The predicted molar refractivity (Wildman–Crippen MR) is 146 cm³/mol. The molecule has 2 aliphatic rings. The fraction of sp³-hybridized carbons (Fsp3) is 0.481. The molecule has 11 heteroatoms. The van der Waals surface area contributed by atoms with E-state index in [0.717, 1.165) is 21.7 Å². The van der Waals surface area contributed by atoms with E-state index in [1.807, 2.05) is 29.6 Å². The fourth-order valence-electron chi connectivity index (χ4n) is 4.51. The van der Waals surface area contributed by atoms with Crippen LogP contribution in [-0.4, -0.2) is 65.8 Å². The standard InChI is InChI=1S/C27H33N5O5S/c1-5-36-25(34)27(8-9-27)32-24(33)21-11-17(13-28-21)37-23-12-20(22-14-38-26(31-22)29-15(2)3)30-19-10-16(35-4)6-7-18(19)23/h6-7,10,12,14-15,17,21,28H,5,8-9,11,13H2,1-4H3,(H,29,31)(H,32,33)/t17?,21-/m0/s1. The van der Waals surface area contributed by atoms with Crippen molar-refractivity contribution in [1.29, 1.82) is 0 Å². The van der Waals surface area contributed by atoms with E-state index < -0.39 is 11.6 Å². The number of aromatic nitrogens is 2. The molecule has 0 spiro atoms. The number of ether oxygens (including phenoxy) is 3. The van der Waals surface area contributed by atoms with Gasteiger partial charge in [0, 0.05) is 41.9 Å². The number of carbonyl (C=O) groups excluding carboxylic acids is 2. The second kappa shape index (κ2) is 10.7. The summed E-state index contributed by atoms with van der Waals surface area (Å²) in [6.45, 7) is 6.68. The minimum atomic E-state index is -0.875. The zero-order chi connectivity index (χ0) is 26.9. The molecule has 3 heterocycles. The summed E-state index contributed by atoms with van der Waals surface area (Å²) in [5, 5.41) is 13.1. The number of benzene rings is 1. The van der Waals surface area contributed by atoms with Crippen molar-refractivity contribution in [2.24, 2.45) is 0 Å². The molecule has 1 saturated heterocycles. The van der Waals surface area contributed by atoms with Gasteiger partial charge in [0.05, 0.1) is 31.0 Å². The molecule has 5 rings (SSSR count). The molecule has 0 radical (unpaired) electrons. The van der Waals surface area contributed by atoms with E-state index in [1.165, 1.54) is 11.3 Å². The van der Waals surface area contributed by atoms with Crippen LogP contribution in [0.4, 0.5) is 5.13 Å². The third kappa shape index (κ3) is 5.53. The average Bonchev–Trinajstić information content (AvgIpc) is 3.29. The Labute approximate surface area is 225 Å². The molecule has 2 fully saturated rings. The van der Waals surface area contributed by atoms with Gasteiger partial charge in [-0.15, -0.1) is 11.3 Å². The number of pyridine rings is 1. The number of esters is 1. The number of nitrogens with one attached hydrogen (secondary N) is 3. The maximum Gasteiger partial charge on any atom is 0.331 e. The van der Waals surface area contributed by atoms with Gasteiger partial charge in [0.25, 0.3) is 0 Å². The van der Waals surface area contributed by atoms with Gasteiger partial charge in [-0.05, 0) is 45.7 Å². The van der Waals surface area contributed by atoms with Crippen LogP contribution in [0.15, 0.2) is 29.6 Å². The van der Waals surface area contributed by atoms with Crippen LogP contribution in [0.2, 0.25) is 0 Å². The Morgan fingerprint density at radius 1 is 1.21 bits per heavy atom. The highest BCUT2D eigenvalue weighted by molar-refractivity contribution is 7.14. The summed E-state index contributed by atoms with van der Waals surface area (Å²) < 4.78 is 17.0. The normalized spacial score (nSPS) is 19.8. The maximum absolute atomic E-state index is 12.9. The monoisotopic (exact) mass is 539 g/mol. The van der Waals surface area contributed by atoms with Gasteiger partial charge in [0.15, 0.2) is 5.13 Å². The van der Waals surface area contributed by atoms with Crippen molar-refractivity contribution in [2.75, 3.05) is 25.6 Å². The van der Waals surface area contributed by atoms with Crippen molar-refractivity contribution in [2.45, 2.75) is 63.8 Å². The Morgan fingerprint density at radius 3 is 2.74 bits per heavy atom. The highest BCUT2D eigenvalue weighted by atomic mass is 32.1. The first-order chi connectivity index (χ1) is 18.3. The van der Waals surface area contributed by atoms with Crippen LogP contribution in [0.3, 0.4) is 0 Å². The third-order valence-electron chi connectivity index (χ3n) is 6.64. The number of methoxy groups -OCH3 is 1. The van der Waals surface area contributed by atoms with Gasteiger partial charge in [0.1, 0.15) is 28.8 Å². The van der Waals surface area contributed by atoms with Gasteiger partial charge in [-0.25, -0.2) is 14.8 Å². The summed E-state index contributed by atoms with van der Waals surface area (Å²) in [7, 11) is 1.62. The van der Waals surface area contributed by atoms with Gasteiger partial charge in [-0.2, -0.15) is 0 Å². The molecule has 1 aliphatic carbocycles. The van der Waals surface area contributed by atoms with Crippen LogP contribution in [-0.2, 0) is 14.3 Å². The molecular weight excluding hydrogens is 506 g/mol. The summed E-state index contributed by atoms with van der Waals surface area (Å²) >= 11 is 1.53. The Morgan fingerprint density at radius 2 is 2.03 bits per heavy atom. The van der Waals surface area contributed by atoms with Crippen LogP contribution in [0.25, 0.3) is 22.3 Å². The van der Waals surface area contributed by atoms with Gasteiger partial charge in [0.2, 0.25) is 5.91 Å². The minimum Gasteiger partial charge on any atom is -0.497 e. The van der Waals surface area contributed by atoms with Gasteiger partial charge < -0.3 is 30.2 Å². The smallest absolute Gasteiger partial charge is 0.331 e. The Balaban J connectivity index is 1.34. The first kappa shape index (κ1) is 26.2. The van der Waals surface area contributed by atoms with Crippen LogP contribution in [0.5, 0.6) is 11.5 Å². The number of thiazole rings is 1. The molecule has 1 unspecified atom stereocenters. The molecule has 10 nitrogen and oxygen atoms in total. The third-order valence-corrected chi connectivity index (χ3v) is 7.41. The second-order valence-electron chi connectivity index (χ2n) is 9.95. The Hall–Kier alpha value is -3.44. The zero-order valence-electron chi connectivity index (χ0n) is 22.0. The van der Waals surface area contributed by atoms with Crippen molar-refractivity contribution in [1.82, 2.24) is 20.6 Å². The number of hydrogen-bond acceptors (Lipinski definition) is 10. The molecule has 1 aromatic carbocycles. The van der Waals surface area contributed by atoms with Gasteiger partial charge >= 0.3 is 5.97 Å². The second-order valence-corrected chi connectivity index (χ2v) is 10.8. The molecule has 3 N–H and O–H groups in total. The SMILES string of the molecule is CCOC(=O)C1(NC(=O)[C@@H]2CC(Oc3cc(-c4csc(NC(C)C)n4)nc4cc(OC)ccc34)CN2)CC1. The zero-order valence-corrected chi connectivity index (χ0v) is 22.8. The lowest BCUT2D eigenvalue weighted by atomic mass is 10.1. The average molecular weight is 540 g/mol. The topological polar surface area (TPSA) is 124 Å². The number of fused-ring (bicyclic) bond motifs is 1. The summed E-state index contributed by atoms with van der Waals surface area (Å²) in [5.74, 6) is 0.791. The molecule has 3 aromatic rings. The fourth-order valence-corrected chi connectivity index (χ4v) is 5.36. The number of anilines is 1. The van der Waals surface area contributed by atoms with Crippen LogP contribution < -0.4 is 25.4 Å². The summed E-state index contributed by atoms with van der Waals surface area (Å²) in [6, 6.07) is 7.39. The Kier molecular flexibility index (Phi) is 7.40. The molecule has 38 heavy (non-hydrogen) atoms. The number of amides is 1. The lowest BCUT2D eigenvalue weighted by molar-refractivity contribution is -0.149. The van der Waals surface area contributed by atoms with E-state index in [9.17, 15) is 9.59 Å². The van der Waals surface area contributed by atoms with E-state index in [1.54, 1.807) is 14.0 Å². The van der Waals surface area contributed by atoms with Crippen molar-refractivity contribution in [3.63, 3.8) is 0 Å². The molecule has 2 aromatic heterocycles. The van der Waals surface area contributed by atoms with Crippen molar-refractivity contribution < 1.29 is 23.8 Å². The van der Waals surface area contributed by atoms with E-state index >= 15 is 0 Å². The minimum absolute atomic E-state index is 0.209. The largest absolute Gasteiger partial charge is 0.497 e. The lowest BCUT2D eigenvalue weighted by Crippen LogP contribution is -2.50.